The molecule has 0 radical (unpaired) electrons. The van der Waals surface area contributed by atoms with Gasteiger partial charge in [-0.25, -0.2) is 0 Å². The van der Waals surface area contributed by atoms with Crippen LogP contribution in [0.4, 0.5) is 0 Å². The van der Waals surface area contributed by atoms with Crippen molar-refractivity contribution in [3.8, 4) is 0 Å². The third-order valence-electron chi connectivity index (χ3n) is 6.58. The molecule has 5 unspecified atom stereocenters. The zero-order valence-corrected chi connectivity index (χ0v) is 16.7. The van der Waals surface area contributed by atoms with Crippen LogP contribution in [0.25, 0.3) is 0 Å². The average molecular weight is 325 g/mol. The van der Waals surface area contributed by atoms with Gasteiger partial charge >= 0.3 is 0 Å². The zero-order chi connectivity index (χ0) is 17.2. The Morgan fingerprint density at radius 3 is 1.91 bits per heavy atom. The largest absolute Gasteiger partial charge is 0.302 e. The zero-order valence-electron chi connectivity index (χ0n) is 16.7. The maximum Gasteiger partial charge on any atom is 0.0169 e. The van der Waals surface area contributed by atoms with Gasteiger partial charge in [0.2, 0.25) is 0 Å². The summed E-state index contributed by atoms with van der Waals surface area (Å²) in [6.45, 7) is 19.3. The smallest absolute Gasteiger partial charge is 0.0169 e. The van der Waals surface area contributed by atoms with Crippen LogP contribution in [0.15, 0.2) is 0 Å². The van der Waals surface area contributed by atoms with Crippen molar-refractivity contribution in [3.05, 3.63) is 0 Å². The lowest BCUT2D eigenvalue weighted by Gasteiger charge is -2.47. The summed E-state index contributed by atoms with van der Waals surface area (Å²) < 4.78 is 0. The van der Waals surface area contributed by atoms with E-state index in [9.17, 15) is 0 Å². The van der Waals surface area contributed by atoms with Gasteiger partial charge in [-0.3, -0.25) is 9.80 Å². The normalized spacial score (nSPS) is 41.6. The quantitative estimate of drug-likeness (QED) is 0.677. The first kappa shape index (κ1) is 19.2. The van der Waals surface area contributed by atoms with Gasteiger partial charge in [-0.2, -0.15) is 0 Å². The van der Waals surface area contributed by atoms with Crippen LogP contribution >= 0.6 is 0 Å². The minimum atomic E-state index is 0.267. The summed E-state index contributed by atoms with van der Waals surface area (Å²) in [6.07, 6.45) is 2.53. The van der Waals surface area contributed by atoms with E-state index in [-0.39, 0.29) is 5.54 Å². The van der Waals surface area contributed by atoms with Gasteiger partial charge in [-0.1, -0.05) is 0 Å². The number of hydrogen-bond donors (Lipinski definition) is 0. The summed E-state index contributed by atoms with van der Waals surface area (Å²) in [5.41, 5.74) is 0.267. The van der Waals surface area contributed by atoms with E-state index in [1.807, 2.05) is 0 Å². The first-order chi connectivity index (χ1) is 10.7. The summed E-state index contributed by atoms with van der Waals surface area (Å²) in [5, 5.41) is 0. The van der Waals surface area contributed by atoms with Crippen molar-refractivity contribution < 1.29 is 0 Å². The number of hydrogen-bond acceptors (Lipinski definition) is 4. The molecule has 2 aliphatic heterocycles. The molecule has 2 fully saturated rings. The maximum atomic E-state index is 2.75. The lowest BCUT2D eigenvalue weighted by atomic mass is 9.92. The second kappa shape index (κ2) is 7.81. The van der Waals surface area contributed by atoms with Crippen LogP contribution in [0.5, 0.6) is 0 Å². The van der Waals surface area contributed by atoms with Gasteiger partial charge in [0.1, 0.15) is 0 Å². The molecule has 0 N–H and O–H groups in total. The molecule has 0 aromatic heterocycles. The maximum absolute atomic E-state index is 2.75. The van der Waals surface area contributed by atoms with Crippen molar-refractivity contribution in [1.29, 1.82) is 0 Å². The number of rotatable bonds is 0. The fourth-order valence-electron chi connectivity index (χ4n) is 4.35. The summed E-state index contributed by atoms with van der Waals surface area (Å²) >= 11 is 0. The van der Waals surface area contributed by atoms with E-state index in [4.69, 9.17) is 0 Å². The molecule has 2 bridgehead atoms. The summed E-state index contributed by atoms with van der Waals surface area (Å²) in [7, 11) is 4.61. The molecule has 2 aliphatic rings. The molecule has 0 aliphatic carbocycles. The van der Waals surface area contributed by atoms with Gasteiger partial charge in [0, 0.05) is 62.9 Å². The first-order valence-electron chi connectivity index (χ1n) is 9.60. The van der Waals surface area contributed by atoms with Crippen LogP contribution in [-0.2, 0) is 0 Å². The van der Waals surface area contributed by atoms with Crippen LogP contribution in [0.2, 0.25) is 0 Å². The molecule has 2 saturated heterocycles. The molecule has 0 spiro atoms. The van der Waals surface area contributed by atoms with Crippen molar-refractivity contribution in [2.24, 2.45) is 0 Å². The van der Waals surface area contributed by atoms with E-state index < -0.39 is 0 Å². The van der Waals surface area contributed by atoms with Gasteiger partial charge in [0.05, 0.1) is 0 Å². The molecule has 0 aromatic carbocycles. The van der Waals surface area contributed by atoms with E-state index in [1.54, 1.807) is 0 Å². The number of fused-ring (bicyclic) bond motifs is 3. The Morgan fingerprint density at radius 1 is 0.696 bits per heavy atom. The Kier molecular flexibility index (Phi) is 6.51. The summed E-state index contributed by atoms with van der Waals surface area (Å²) in [4.78, 5) is 10.6. The van der Waals surface area contributed by atoms with Crippen LogP contribution in [0.1, 0.15) is 47.5 Å². The molecule has 2 rings (SSSR count). The second-order valence-corrected chi connectivity index (χ2v) is 8.78. The molecular formula is C19H40N4. The van der Waals surface area contributed by atoms with Crippen molar-refractivity contribution in [3.63, 3.8) is 0 Å². The SMILES string of the molecule is CC1CC(C)N2CCN(C)C(C)CC(C)(C)N(CCN1C)CC2. The Balaban J connectivity index is 2.25. The molecule has 4 nitrogen and oxygen atoms in total. The summed E-state index contributed by atoms with van der Waals surface area (Å²) in [5.74, 6) is 0. The van der Waals surface area contributed by atoms with Gasteiger partial charge in [0.25, 0.3) is 0 Å². The molecule has 0 saturated carbocycles. The predicted molar refractivity (Wildman–Crippen MR) is 100 cm³/mol. The summed E-state index contributed by atoms with van der Waals surface area (Å²) in [6, 6.07) is 1.97. The fraction of sp³-hybridized carbons (Fsp3) is 1.00. The van der Waals surface area contributed by atoms with E-state index in [1.165, 1.54) is 52.1 Å². The van der Waals surface area contributed by atoms with Crippen molar-refractivity contribution in [2.75, 3.05) is 53.4 Å². The highest BCUT2D eigenvalue weighted by atomic mass is 15.3. The second-order valence-electron chi connectivity index (χ2n) is 8.78. The monoisotopic (exact) mass is 324 g/mol. The van der Waals surface area contributed by atoms with E-state index in [0.29, 0.717) is 18.1 Å². The van der Waals surface area contributed by atoms with Crippen molar-refractivity contribution in [2.45, 2.75) is 71.1 Å². The van der Waals surface area contributed by atoms with Crippen molar-refractivity contribution >= 4 is 0 Å². The van der Waals surface area contributed by atoms with E-state index >= 15 is 0 Å². The Morgan fingerprint density at radius 2 is 1.22 bits per heavy atom. The van der Waals surface area contributed by atoms with Crippen LogP contribution in [-0.4, -0.2) is 96.6 Å². The molecule has 2 heterocycles. The average Bonchev–Trinajstić information content (AvgIpc) is 2.46. The molecule has 5 atom stereocenters. The lowest BCUT2D eigenvalue weighted by Crippen LogP contribution is -2.57. The lowest BCUT2D eigenvalue weighted by molar-refractivity contribution is 0.0224. The molecule has 0 amide bonds. The number of likely N-dealkylation sites (N-methyl/N-ethyl adjacent to an activating group) is 2. The van der Waals surface area contributed by atoms with E-state index in [0.717, 1.165) is 0 Å². The Bertz CT molecular complexity index is 370. The topological polar surface area (TPSA) is 13.0 Å². The first-order valence-corrected chi connectivity index (χ1v) is 9.60. The Labute approximate surface area is 144 Å². The molecule has 136 valence electrons. The van der Waals surface area contributed by atoms with Gasteiger partial charge < -0.3 is 9.80 Å². The van der Waals surface area contributed by atoms with Crippen LogP contribution < -0.4 is 0 Å². The highest BCUT2D eigenvalue weighted by Gasteiger charge is 2.33. The predicted octanol–water partition coefficient (Wildman–Crippen LogP) is 2.21. The van der Waals surface area contributed by atoms with Gasteiger partial charge in [0.15, 0.2) is 0 Å². The van der Waals surface area contributed by atoms with Gasteiger partial charge in [-0.05, 0) is 61.6 Å². The fourth-order valence-corrected chi connectivity index (χ4v) is 4.35. The van der Waals surface area contributed by atoms with Crippen LogP contribution in [0.3, 0.4) is 0 Å². The highest BCUT2D eigenvalue weighted by molar-refractivity contribution is 4.90. The minimum absolute atomic E-state index is 0.267. The van der Waals surface area contributed by atoms with E-state index in [2.05, 4.69) is 68.3 Å². The Hall–Kier alpha value is -0.160. The molecule has 0 aromatic rings. The van der Waals surface area contributed by atoms with Gasteiger partial charge in [-0.15, -0.1) is 0 Å². The third kappa shape index (κ3) is 4.91. The standard InChI is InChI=1S/C19H40N4/c1-16-14-17(2)22-10-8-21(7)18(3)15-19(4,5)23(13-11-22)12-9-20(16)6/h16-18H,8-15H2,1-7H3. The molecule has 23 heavy (non-hydrogen) atoms. The minimum Gasteiger partial charge on any atom is -0.302 e. The third-order valence-corrected chi connectivity index (χ3v) is 6.58. The van der Waals surface area contributed by atoms with Crippen LogP contribution in [0, 0.1) is 0 Å². The molecular weight excluding hydrogens is 284 g/mol. The molecule has 4 heteroatoms. The number of nitrogens with zero attached hydrogens (tertiary/aromatic N) is 4. The van der Waals surface area contributed by atoms with Crippen molar-refractivity contribution in [1.82, 2.24) is 19.6 Å². The highest BCUT2D eigenvalue weighted by Crippen LogP contribution is 2.25.